The van der Waals surface area contributed by atoms with Gasteiger partial charge in [-0.25, -0.2) is 10.2 Å². The molecule has 0 bridgehead atoms. The molecule has 0 atom stereocenters. The van der Waals surface area contributed by atoms with Crippen molar-refractivity contribution < 1.29 is 9.21 Å². The van der Waals surface area contributed by atoms with E-state index in [9.17, 15) is 9.59 Å². The Kier molecular flexibility index (Phi) is 4.57. The number of carbonyl (C=O) groups is 1. The molecule has 0 aliphatic heterocycles. The summed E-state index contributed by atoms with van der Waals surface area (Å²) in [6, 6.07) is 15.8. The number of amides is 1. The second-order valence-electron chi connectivity index (χ2n) is 5.13. The van der Waals surface area contributed by atoms with Gasteiger partial charge in [-0.2, -0.15) is 5.10 Å². The van der Waals surface area contributed by atoms with E-state index in [0.717, 1.165) is 9.86 Å². The van der Waals surface area contributed by atoms with Crippen molar-refractivity contribution in [3.8, 4) is 0 Å². The third kappa shape index (κ3) is 3.44. The van der Waals surface area contributed by atoms with Crippen molar-refractivity contribution in [2.24, 2.45) is 5.10 Å². The van der Waals surface area contributed by atoms with E-state index in [4.69, 9.17) is 4.42 Å². The van der Waals surface area contributed by atoms with Crippen molar-refractivity contribution in [3.63, 3.8) is 0 Å². The number of hydrazone groups is 1. The molecule has 1 amide bonds. The molecule has 0 unspecified atom stereocenters. The van der Waals surface area contributed by atoms with Crippen LogP contribution in [-0.2, 0) is 0 Å². The maximum atomic E-state index is 12.1. The van der Waals surface area contributed by atoms with Gasteiger partial charge in [-0.3, -0.25) is 4.79 Å². The maximum absolute atomic E-state index is 12.1. The van der Waals surface area contributed by atoms with Crippen molar-refractivity contribution in [2.45, 2.75) is 6.92 Å². The fourth-order valence-corrected chi connectivity index (χ4v) is 2.57. The topological polar surface area (TPSA) is 71.7 Å². The second kappa shape index (κ2) is 6.80. The standard InChI is InChI=1S/C18H13BrN2O3/c1-11(20-21-17(22)12-5-3-2-4-6-12)15-10-13-9-14(19)7-8-16(13)24-18(15)23/h2-10H,1H3,(H,21,22). The molecule has 6 heteroatoms. The van der Waals surface area contributed by atoms with Gasteiger partial charge < -0.3 is 4.42 Å². The summed E-state index contributed by atoms with van der Waals surface area (Å²) in [5, 5.41) is 4.77. The fraction of sp³-hybridized carbons (Fsp3) is 0.0556. The number of carbonyl (C=O) groups excluding carboxylic acids is 1. The van der Waals surface area contributed by atoms with E-state index < -0.39 is 5.63 Å². The number of nitrogens with one attached hydrogen (secondary N) is 1. The first-order chi connectivity index (χ1) is 11.5. The summed E-state index contributed by atoms with van der Waals surface area (Å²) in [6.45, 7) is 1.64. The molecule has 3 rings (SSSR count). The molecule has 2 aromatic carbocycles. The molecule has 0 saturated heterocycles. The van der Waals surface area contributed by atoms with Gasteiger partial charge in [0.2, 0.25) is 0 Å². The highest BCUT2D eigenvalue weighted by atomic mass is 79.9. The second-order valence-corrected chi connectivity index (χ2v) is 6.05. The molecular weight excluding hydrogens is 372 g/mol. The Morgan fingerprint density at radius 3 is 2.62 bits per heavy atom. The molecule has 120 valence electrons. The molecule has 0 fully saturated rings. The van der Waals surface area contributed by atoms with Crippen molar-refractivity contribution in [1.29, 1.82) is 0 Å². The van der Waals surface area contributed by atoms with Gasteiger partial charge in [0.05, 0.1) is 11.3 Å². The summed E-state index contributed by atoms with van der Waals surface area (Å²) in [7, 11) is 0. The zero-order valence-electron chi connectivity index (χ0n) is 12.7. The number of hydrogen-bond donors (Lipinski definition) is 1. The number of rotatable bonds is 3. The lowest BCUT2D eigenvalue weighted by molar-refractivity contribution is 0.0955. The van der Waals surface area contributed by atoms with Gasteiger partial charge in [-0.05, 0) is 43.3 Å². The van der Waals surface area contributed by atoms with Gasteiger partial charge in [-0.15, -0.1) is 0 Å². The van der Waals surface area contributed by atoms with Crippen LogP contribution in [0.15, 0.2) is 73.4 Å². The molecule has 0 aliphatic carbocycles. The molecule has 0 saturated carbocycles. The molecule has 1 aromatic heterocycles. The van der Waals surface area contributed by atoms with Crippen LogP contribution in [0.4, 0.5) is 0 Å². The average Bonchev–Trinajstić information content (AvgIpc) is 2.60. The van der Waals surface area contributed by atoms with Gasteiger partial charge in [0.1, 0.15) is 5.58 Å². The van der Waals surface area contributed by atoms with E-state index in [1.807, 2.05) is 12.1 Å². The minimum absolute atomic E-state index is 0.300. The van der Waals surface area contributed by atoms with Crippen LogP contribution in [0.1, 0.15) is 22.8 Å². The van der Waals surface area contributed by atoms with Crippen LogP contribution in [0.5, 0.6) is 0 Å². The third-order valence-corrected chi connectivity index (χ3v) is 3.94. The maximum Gasteiger partial charge on any atom is 0.345 e. The molecular formula is C18H13BrN2O3. The molecule has 0 aliphatic rings. The average molecular weight is 385 g/mol. The van der Waals surface area contributed by atoms with Gasteiger partial charge in [-0.1, -0.05) is 34.1 Å². The predicted molar refractivity (Wildman–Crippen MR) is 96.3 cm³/mol. The Hall–Kier alpha value is -2.73. The first-order valence-electron chi connectivity index (χ1n) is 7.18. The third-order valence-electron chi connectivity index (χ3n) is 3.45. The molecule has 1 heterocycles. The molecule has 5 nitrogen and oxygen atoms in total. The summed E-state index contributed by atoms with van der Waals surface area (Å²) in [5.41, 5.74) is 3.60. The Morgan fingerprint density at radius 1 is 1.12 bits per heavy atom. The first kappa shape index (κ1) is 16.1. The number of hydrogen-bond acceptors (Lipinski definition) is 4. The Labute approximate surface area is 146 Å². The smallest absolute Gasteiger partial charge is 0.345 e. The summed E-state index contributed by atoms with van der Waals surface area (Å²) < 4.78 is 6.17. The summed E-state index contributed by atoms with van der Waals surface area (Å²) in [5.74, 6) is -0.345. The van der Waals surface area contributed by atoms with Crippen molar-refractivity contribution >= 4 is 38.5 Å². The highest BCUT2D eigenvalue weighted by Gasteiger charge is 2.10. The van der Waals surface area contributed by atoms with E-state index in [1.54, 1.807) is 49.4 Å². The van der Waals surface area contributed by atoms with Crippen LogP contribution in [0, 0.1) is 0 Å². The van der Waals surface area contributed by atoms with E-state index in [-0.39, 0.29) is 5.91 Å². The molecule has 1 N–H and O–H groups in total. The van der Waals surface area contributed by atoms with Gasteiger partial charge in [0, 0.05) is 15.4 Å². The van der Waals surface area contributed by atoms with Crippen molar-refractivity contribution in [3.05, 3.63) is 80.6 Å². The lowest BCUT2D eigenvalue weighted by Crippen LogP contribution is -2.21. The number of nitrogens with zero attached hydrogens (tertiary/aromatic N) is 1. The summed E-state index contributed by atoms with van der Waals surface area (Å²) >= 11 is 3.38. The van der Waals surface area contributed by atoms with Crippen LogP contribution in [-0.4, -0.2) is 11.6 Å². The molecule has 3 aromatic rings. The monoisotopic (exact) mass is 384 g/mol. The Morgan fingerprint density at radius 2 is 1.88 bits per heavy atom. The molecule has 24 heavy (non-hydrogen) atoms. The van der Waals surface area contributed by atoms with Crippen LogP contribution in [0.2, 0.25) is 0 Å². The molecule has 0 spiro atoms. The number of fused-ring (bicyclic) bond motifs is 1. The van der Waals surface area contributed by atoms with Crippen LogP contribution >= 0.6 is 15.9 Å². The largest absolute Gasteiger partial charge is 0.422 e. The highest BCUT2D eigenvalue weighted by Crippen LogP contribution is 2.19. The fourth-order valence-electron chi connectivity index (χ4n) is 2.20. The quantitative estimate of drug-likeness (QED) is 0.425. The van der Waals surface area contributed by atoms with E-state index in [1.165, 1.54) is 0 Å². The van der Waals surface area contributed by atoms with Gasteiger partial charge in [0.15, 0.2) is 0 Å². The van der Waals surface area contributed by atoms with E-state index in [2.05, 4.69) is 26.5 Å². The highest BCUT2D eigenvalue weighted by molar-refractivity contribution is 9.10. The Balaban J connectivity index is 1.90. The zero-order chi connectivity index (χ0) is 17.1. The lowest BCUT2D eigenvalue weighted by atomic mass is 10.1. The van der Waals surface area contributed by atoms with Gasteiger partial charge >= 0.3 is 5.63 Å². The van der Waals surface area contributed by atoms with Crippen LogP contribution in [0.3, 0.4) is 0 Å². The van der Waals surface area contributed by atoms with Crippen molar-refractivity contribution in [2.75, 3.05) is 0 Å². The van der Waals surface area contributed by atoms with Crippen molar-refractivity contribution in [1.82, 2.24) is 5.43 Å². The number of halogens is 1. The van der Waals surface area contributed by atoms with E-state index >= 15 is 0 Å². The van der Waals surface area contributed by atoms with Crippen LogP contribution in [0.25, 0.3) is 11.0 Å². The first-order valence-corrected chi connectivity index (χ1v) is 7.97. The normalized spacial score (nSPS) is 11.5. The number of benzene rings is 2. The van der Waals surface area contributed by atoms with Gasteiger partial charge in [0.25, 0.3) is 5.91 Å². The zero-order valence-corrected chi connectivity index (χ0v) is 14.3. The molecule has 0 radical (unpaired) electrons. The van der Waals surface area contributed by atoms with Crippen LogP contribution < -0.4 is 11.1 Å². The summed E-state index contributed by atoms with van der Waals surface area (Å²) in [4.78, 5) is 24.1. The Bertz CT molecular complexity index is 994. The van der Waals surface area contributed by atoms with E-state index in [0.29, 0.717) is 22.4 Å². The minimum atomic E-state index is -0.500. The predicted octanol–water partition coefficient (Wildman–Crippen LogP) is 3.71. The SMILES string of the molecule is CC(=NNC(=O)c1ccccc1)c1cc2cc(Br)ccc2oc1=O. The lowest BCUT2D eigenvalue weighted by Gasteiger charge is -2.04. The summed E-state index contributed by atoms with van der Waals surface area (Å²) in [6.07, 6.45) is 0. The minimum Gasteiger partial charge on any atom is -0.422 e.